The van der Waals surface area contributed by atoms with Crippen molar-refractivity contribution in [3.05, 3.63) is 72.9 Å². The Hall–Kier alpha value is -0.950. The maximum absolute atomic E-state index is 6.18. The average Bonchev–Trinajstić information content (AvgIpc) is 3.01. The Balaban J connectivity index is 3.70. The van der Waals surface area contributed by atoms with Crippen LogP contribution in [0.3, 0.4) is 0 Å². The van der Waals surface area contributed by atoms with Crippen molar-refractivity contribution in [3.8, 4) is 0 Å². The van der Waals surface area contributed by atoms with Crippen molar-refractivity contribution in [3.63, 3.8) is 0 Å². The zero-order valence-corrected chi connectivity index (χ0v) is 31.3. The number of unbranched alkanes of at least 4 members (excludes halogenated alkanes) is 12. The van der Waals surface area contributed by atoms with Crippen LogP contribution in [0.15, 0.2) is 72.9 Å². The summed E-state index contributed by atoms with van der Waals surface area (Å²) in [6.45, 7) is 7.77. The van der Waals surface area contributed by atoms with Gasteiger partial charge in [-0.3, -0.25) is 0 Å². The molecule has 0 bridgehead atoms. The van der Waals surface area contributed by atoms with E-state index >= 15 is 0 Å². The van der Waals surface area contributed by atoms with Gasteiger partial charge in [0, 0.05) is 42.6 Å². The number of allylic oxidation sites excluding steroid dienone is 12. The molecule has 0 saturated heterocycles. The Morgan fingerprint density at radius 3 is 1.30 bits per heavy atom. The van der Waals surface area contributed by atoms with Gasteiger partial charge in [0.1, 0.15) is 0 Å². The third-order valence-electron chi connectivity index (χ3n) is 7.32. The normalized spacial score (nSPS) is 13.6. The summed E-state index contributed by atoms with van der Waals surface area (Å²) in [6, 6.07) is 0. The van der Waals surface area contributed by atoms with Gasteiger partial charge in [-0.1, -0.05) is 125 Å². The number of halogens is 1. The van der Waals surface area contributed by atoms with Crippen molar-refractivity contribution in [1.82, 2.24) is 3.11 Å². The van der Waals surface area contributed by atoms with Crippen LogP contribution in [-0.4, -0.2) is 42.6 Å². The molecule has 0 aliphatic carbocycles. The van der Waals surface area contributed by atoms with E-state index in [2.05, 4.69) is 120 Å². The average molecular weight is 724 g/mol. The molecule has 0 aliphatic heterocycles. The number of hydrogen-bond acceptors (Lipinski definition) is 3. The zero-order chi connectivity index (χ0) is 32.0. The molecule has 0 aliphatic rings. The molecule has 44 heavy (non-hydrogen) atoms. The molecule has 0 fully saturated rings. The highest BCUT2D eigenvalue weighted by Crippen LogP contribution is 2.08. The smallest absolute Gasteiger partial charge is 0.0942 e. The highest BCUT2D eigenvalue weighted by molar-refractivity contribution is 14.1. The summed E-state index contributed by atoms with van der Waals surface area (Å²) in [7, 11) is 2.10. The van der Waals surface area contributed by atoms with Gasteiger partial charge in [0.2, 0.25) is 0 Å². The third kappa shape index (κ3) is 37.2. The summed E-state index contributed by atoms with van der Waals surface area (Å²) >= 11 is 2.34. The van der Waals surface area contributed by atoms with Crippen LogP contribution < -0.4 is 0 Å². The molecule has 1 atom stereocenters. The summed E-state index contributed by atoms with van der Waals surface area (Å²) in [5.41, 5.74) is 0. The fraction of sp³-hybridized carbons (Fsp3) is 0.700. The molecule has 0 N–H and O–H groups in total. The van der Waals surface area contributed by atoms with E-state index in [-0.39, 0.29) is 6.10 Å². The van der Waals surface area contributed by atoms with Gasteiger partial charge < -0.3 is 9.47 Å². The first-order chi connectivity index (χ1) is 21.7. The van der Waals surface area contributed by atoms with Crippen molar-refractivity contribution in [2.24, 2.45) is 0 Å². The lowest BCUT2D eigenvalue weighted by Crippen LogP contribution is -2.30. The molecule has 0 aromatic carbocycles. The van der Waals surface area contributed by atoms with E-state index in [4.69, 9.17) is 9.47 Å². The molecule has 0 saturated carbocycles. The van der Waals surface area contributed by atoms with E-state index in [1.54, 1.807) is 0 Å². The second-order valence-electron chi connectivity index (χ2n) is 11.8. The van der Waals surface area contributed by atoms with Crippen LogP contribution in [0.4, 0.5) is 0 Å². The largest absolute Gasteiger partial charge is 0.379 e. The van der Waals surface area contributed by atoms with Gasteiger partial charge in [0.15, 0.2) is 0 Å². The Labute approximate surface area is 288 Å². The van der Waals surface area contributed by atoms with E-state index < -0.39 is 0 Å². The maximum Gasteiger partial charge on any atom is 0.0942 e. The molecule has 1 unspecified atom stereocenters. The molecule has 0 spiro atoms. The number of rotatable bonds is 33. The summed E-state index contributed by atoms with van der Waals surface area (Å²) in [5, 5.41) is 0. The molecule has 254 valence electrons. The van der Waals surface area contributed by atoms with E-state index in [9.17, 15) is 0 Å². The van der Waals surface area contributed by atoms with Gasteiger partial charge in [-0.15, -0.1) is 0 Å². The SMILES string of the molecule is CCCCC/C=C\C/C=C\C/C=C\CCCCCOCC(CN(C)I)OCCCCC/C=C\C/C=C\C/C=C\CCCCC. The van der Waals surface area contributed by atoms with Crippen LogP contribution in [-0.2, 0) is 9.47 Å². The Bertz CT molecular complexity index is 738. The van der Waals surface area contributed by atoms with E-state index in [1.165, 1.54) is 83.5 Å². The molecule has 0 rings (SSSR count). The second-order valence-corrected chi connectivity index (χ2v) is 13.5. The lowest BCUT2D eigenvalue weighted by Gasteiger charge is -2.20. The fourth-order valence-electron chi connectivity index (χ4n) is 4.66. The number of nitrogens with zero attached hydrogens (tertiary/aromatic N) is 1. The van der Waals surface area contributed by atoms with Crippen molar-refractivity contribution >= 4 is 22.9 Å². The number of hydrogen-bond donors (Lipinski definition) is 0. The molecule has 0 heterocycles. The van der Waals surface area contributed by atoms with E-state index in [0.717, 1.165) is 64.7 Å². The minimum atomic E-state index is 0.155. The first kappa shape index (κ1) is 43.0. The fourth-order valence-corrected chi connectivity index (χ4v) is 5.10. The van der Waals surface area contributed by atoms with Crippen molar-refractivity contribution in [2.75, 3.05) is 33.4 Å². The Morgan fingerprint density at radius 2 is 0.886 bits per heavy atom. The predicted octanol–water partition coefficient (Wildman–Crippen LogP) is 12.8. The third-order valence-corrected chi connectivity index (χ3v) is 7.72. The van der Waals surface area contributed by atoms with Gasteiger partial charge in [0.05, 0.1) is 12.7 Å². The minimum Gasteiger partial charge on any atom is -0.379 e. The van der Waals surface area contributed by atoms with Crippen LogP contribution in [0, 0.1) is 0 Å². The van der Waals surface area contributed by atoms with Gasteiger partial charge in [0.25, 0.3) is 0 Å². The molecule has 0 aromatic heterocycles. The molecular weight excluding hydrogens is 653 g/mol. The van der Waals surface area contributed by atoms with Crippen LogP contribution in [0.1, 0.15) is 142 Å². The maximum atomic E-state index is 6.18. The molecule has 0 aromatic rings. The van der Waals surface area contributed by atoms with Crippen molar-refractivity contribution < 1.29 is 9.47 Å². The molecule has 3 nitrogen and oxygen atoms in total. The minimum absolute atomic E-state index is 0.155. The predicted molar refractivity (Wildman–Crippen MR) is 206 cm³/mol. The molecular formula is C40H70INO2. The zero-order valence-electron chi connectivity index (χ0n) is 29.1. The van der Waals surface area contributed by atoms with E-state index in [1.807, 2.05) is 0 Å². The molecule has 0 amide bonds. The highest BCUT2D eigenvalue weighted by Gasteiger charge is 2.11. The molecule has 4 heteroatoms. The van der Waals surface area contributed by atoms with Crippen LogP contribution >= 0.6 is 22.9 Å². The standard InChI is InChI=1S/C40H70INO2/c1-4-6-8-10-12-14-16-18-20-22-24-26-28-30-32-34-36-43-39-40(38-42(3)41)44-37-35-33-31-29-27-25-23-21-19-17-15-13-11-9-7-5-2/h12-15,18-21,24-27,40H,4-11,16-17,22-23,28-39H2,1-3H3/b14-12-,15-13-,20-18-,21-19-,26-24-,27-25-. The van der Waals surface area contributed by atoms with Crippen LogP contribution in [0.25, 0.3) is 0 Å². The number of likely N-dealkylation sites (N-methyl/N-ethyl adjacent to an activating group) is 1. The monoisotopic (exact) mass is 723 g/mol. The van der Waals surface area contributed by atoms with Gasteiger partial charge >= 0.3 is 0 Å². The lowest BCUT2D eigenvalue weighted by atomic mass is 10.2. The van der Waals surface area contributed by atoms with Crippen LogP contribution in [0.2, 0.25) is 0 Å². The summed E-state index contributed by atoms with van der Waals surface area (Å²) in [4.78, 5) is 0. The quantitative estimate of drug-likeness (QED) is 0.0291. The Kier molecular flexibility index (Phi) is 37.4. The second kappa shape index (κ2) is 38.2. The van der Waals surface area contributed by atoms with Crippen molar-refractivity contribution in [2.45, 2.75) is 148 Å². The molecule has 0 radical (unpaired) electrons. The summed E-state index contributed by atoms with van der Waals surface area (Å²) < 4.78 is 14.3. The van der Waals surface area contributed by atoms with Crippen LogP contribution in [0.5, 0.6) is 0 Å². The summed E-state index contributed by atoms with van der Waals surface area (Å²) in [6.07, 6.45) is 51.9. The first-order valence-electron chi connectivity index (χ1n) is 18.2. The highest BCUT2D eigenvalue weighted by atomic mass is 127. The number of ether oxygens (including phenoxy) is 2. The van der Waals surface area contributed by atoms with Crippen molar-refractivity contribution in [1.29, 1.82) is 0 Å². The van der Waals surface area contributed by atoms with E-state index in [0.29, 0.717) is 6.61 Å². The van der Waals surface area contributed by atoms with Gasteiger partial charge in [-0.2, -0.15) is 0 Å². The van der Waals surface area contributed by atoms with Gasteiger partial charge in [-0.05, 0) is 96.9 Å². The first-order valence-corrected chi connectivity index (χ1v) is 19.1. The summed E-state index contributed by atoms with van der Waals surface area (Å²) in [5.74, 6) is 0. The van der Waals surface area contributed by atoms with Gasteiger partial charge in [-0.25, -0.2) is 3.11 Å². The lowest BCUT2D eigenvalue weighted by molar-refractivity contribution is -0.0218. The topological polar surface area (TPSA) is 21.7 Å². The Morgan fingerprint density at radius 1 is 0.500 bits per heavy atom.